The van der Waals surface area contributed by atoms with E-state index in [4.69, 9.17) is 8.83 Å². The highest BCUT2D eigenvalue weighted by molar-refractivity contribution is 6.70. The van der Waals surface area contributed by atoms with Crippen LogP contribution in [-0.2, 0) is 0 Å². The van der Waals surface area contributed by atoms with E-state index in [2.05, 4.69) is 210 Å². The van der Waals surface area contributed by atoms with Gasteiger partial charge in [0.2, 0.25) is 0 Å². The minimum atomic E-state index is -1.01. The fraction of sp³-hybridized carbons (Fsp3) is 0.0526. The fourth-order valence-electron chi connectivity index (χ4n) is 10.2. The lowest BCUT2D eigenvalue weighted by Crippen LogP contribution is -2.22. The first-order valence-corrected chi connectivity index (χ1v) is 24.7. The minimum Gasteiger partial charge on any atom is -0.454 e. The van der Waals surface area contributed by atoms with Gasteiger partial charge in [0, 0.05) is 54.5 Å². The molecule has 300 valence electrons. The zero-order valence-electron chi connectivity index (χ0n) is 35.1. The molecule has 0 saturated heterocycles. The van der Waals surface area contributed by atoms with Gasteiger partial charge in [0.05, 0.1) is 48.1 Å². The quantitative estimate of drug-likeness (QED) is 0.150. The molecule has 4 heterocycles. The van der Waals surface area contributed by atoms with Crippen molar-refractivity contribution in [2.75, 3.05) is 9.80 Å². The van der Waals surface area contributed by atoms with Crippen LogP contribution < -0.4 is 15.0 Å². The van der Waals surface area contributed by atoms with Crippen LogP contribution in [0.4, 0.5) is 34.1 Å². The number of furan rings is 2. The fourth-order valence-corrected chi connectivity index (χ4v) is 11.2. The Labute approximate surface area is 365 Å². The number of nitrogens with zero attached hydrogens (tertiary/aromatic N) is 3. The Kier molecular flexibility index (Phi) is 7.75. The Bertz CT molecular complexity index is 3910. The average Bonchev–Trinajstić information content (AvgIpc) is 4.08. The molecule has 0 saturated carbocycles. The molecule has 9 aromatic carbocycles. The summed E-state index contributed by atoms with van der Waals surface area (Å²) < 4.78 is 16.0. The van der Waals surface area contributed by atoms with Crippen LogP contribution in [0.25, 0.3) is 82.0 Å². The van der Waals surface area contributed by atoms with Crippen LogP contribution in [0.15, 0.2) is 197 Å². The summed E-state index contributed by atoms with van der Waals surface area (Å²) in [6, 6.07) is 68.1. The van der Waals surface area contributed by atoms with Crippen LogP contribution in [-0.4, -0.2) is 13.2 Å². The monoisotopic (exact) mass is 827 g/mol. The van der Waals surface area contributed by atoms with Gasteiger partial charge in [-0.15, -0.1) is 0 Å². The molecule has 0 radical (unpaired) electrons. The number of anilines is 6. The van der Waals surface area contributed by atoms with Gasteiger partial charge in [-0.2, -0.15) is 0 Å². The summed E-state index contributed by atoms with van der Waals surface area (Å²) in [5.41, 5.74) is 14.6. The Morgan fingerprint density at radius 1 is 0.397 bits per heavy atom. The van der Waals surface area contributed by atoms with E-state index in [1.165, 1.54) is 37.8 Å². The molecule has 0 fully saturated rings. The third-order valence-electron chi connectivity index (χ3n) is 13.2. The molecular formula is C57H41N3O2Si. The molecule has 63 heavy (non-hydrogen) atoms. The van der Waals surface area contributed by atoms with Crippen molar-refractivity contribution in [2.24, 2.45) is 0 Å². The molecule has 0 N–H and O–H groups in total. The second-order valence-corrected chi connectivity index (χ2v) is 20.1. The van der Waals surface area contributed by atoms with E-state index < -0.39 is 8.80 Å². The second-order valence-electron chi connectivity index (χ2n) is 17.1. The summed E-state index contributed by atoms with van der Waals surface area (Å²) in [7, 11) is -1.01. The Morgan fingerprint density at radius 3 is 1.32 bits per heavy atom. The summed E-state index contributed by atoms with van der Waals surface area (Å²) in [5, 5.41) is 10.7. The van der Waals surface area contributed by atoms with Crippen molar-refractivity contribution in [3.8, 4) is 0 Å². The lowest BCUT2D eigenvalue weighted by molar-refractivity contribution is 0.669. The first kappa shape index (κ1) is 35.9. The number of aryl methyl sites for hydroxylation is 1. The van der Waals surface area contributed by atoms with Gasteiger partial charge >= 0.3 is 0 Å². The van der Waals surface area contributed by atoms with Crippen molar-refractivity contribution in [2.45, 2.75) is 20.0 Å². The predicted octanol–water partition coefficient (Wildman–Crippen LogP) is 15.6. The van der Waals surface area contributed by atoms with Crippen LogP contribution in [0, 0.1) is 6.92 Å². The van der Waals surface area contributed by atoms with E-state index in [9.17, 15) is 0 Å². The number of aromatic nitrogens is 1. The summed E-state index contributed by atoms with van der Waals surface area (Å²) in [6.45, 7) is 6.91. The van der Waals surface area contributed by atoms with Crippen molar-refractivity contribution in [3.05, 3.63) is 194 Å². The normalized spacial score (nSPS) is 12.2. The van der Waals surface area contributed by atoms with Crippen molar-refractivity contribution < 1.29 is 8.83 Å². The molecule has 5 nitrogen and oxygen atoms in total. The Hall–Kier alpha value is -7.80. The third kappa shape index (κ3) is 5.22. The van der Waals surface area contributed by atoms with Gasteiger partial charge in [-0.05, 0) is 79.7 Å². The van der Waals surface area contributed by atoms with Gasteiger partial charge in [-0.1, -0.05) is 139 Å². The predicted molar refractivity (Wildman–Crippen MR) is 268 cm³/mol. The van der Waals surface area contributed by atoms with Crippen LogP contribution in [0.2, 0.25) is 13.1 Å². The maximum Gasteiger partial charge on any atom is 0.159 e. The van der Waals surface area contributed by atoms with E-state index in [1.807, 2.05) is 12.1 Å². The number of benzene rings is 9. The average molecular weight is 828 g/mol. The molecule has 0 aliphatic carbocycles. The zero-order chi connectivity index (χ0) is 41.9. The van der Waals surface area contributed by atoms with Crippen molar-refractivity contribution >= 4 is 130 Å². The topological polar surface area (TPSA) is 37.2 Å². The zero-order valence-corrected chi connectivity index (χ0v) is 36.3. The highest BCUT2D eigenvalue weighted by Crippen LogP contribution is 2.51. The summed E-state index contributed by atoms with van der Waals surface area (Å²) in [6.07, 6.45) is 0. The maximum atomic E-state index is 6.76. The van der Waals surface area contributed by atoms with E-state index in [0.717, 1.165) is 89.0 Å². The lowest BCUT2D eigenvalue weighted by atomic mass is 10.0. The van der Waals surface area contributed by atoms with Crippen molar-refractivity contribution in [1.82, 2.24) is 4.40 Å². The molecule has 13 aromatic rings. The molecule has 13 rings (SSSR count). The van der Waals surface area contributed by atoms with Gasteiger partial charge in [-0.25, -0.2) is 0 Å². The van der Waals surface area contributed by atoms with Gasteiger partial charge in [-0.3, -0.25) is 0 Å². The molecule has 0 atom stereocenters. The third-order valence-corrected chi connectivity index (χ3v) is 14.9. The van der Waals surface area contributed by atoms with Gasteiger partial charge in [0.1, 0.15) is 11.2 Å². The number of fused-ring (bicyclic) bond motifs is 12. The van der Waals surface area contributed by atoms with Gasteiger partial charge < -0.3 is 23.0 Å². The van der Waals surface area contributed by atoms with Crippen LogP contribution >= 0.6 is 0 Å². The van der Waals surface area contributed by atoms with Gasteiger partial charge in [0.25, 0.3) is 0 Å². The van der Waals surface area contributed by atoms with Crippen molar-refractivity contribution in [3.63, 3.8) is 0 Å². The first-order valence-electron chi connectivity index (χ1n) is 21.8. The summed E-state index contributed by atoms with van der Waals surface area (Å²) in [5.74, 6) is 0. The Balaban J connectivity index is 1.09. The Morgan fingerprint density at radius 2 is 0.810 bits per heavy atom. The van der Waals surface area contributed by atoms with E-state index in [-0.39, 0.29) is 0 Å². The molecule has 6 heteroatoms. The molecule has 0 amide bonds. The first-order chi connectivity index (χ1) is 31.0. The van der Waals surface area contributed by atoms with E-state index >= 15 is 0 Å². The van der Waals surface area contributed by atoms with Gasteiger partial charge in [0.15, 0.2) is 11.2 Å². The molecule has 4 aromatic heterocycles. The number of hydrogen-bond acceptors (Lipinski definition) is 4. The number of rotatable bonds is 7. The summed E-state index contributed by atoms with van der Waals surface area (Å²) >= 11 is 0. The smallest absolute Gasteiger partial charge is 0.159 e. The van der Waals surface area contributed by atoms with Crippen LogP contribution in [0.5, 0.6) is 0 Å². The van der Waals surface area contributed by atoms with E-state index in [1.54, 1.807) is 0 Å². The molecule has 0 aliphatic rings. The largest absolute Gasteiger partial charge is 0.454 e. The lowest BCUT2D eigenvalue weighted by Gasteiger charge is -2.27. The SMILES string of the molecule is Cc1ccc(N(c2cccc3c2oc2ccccc23)c2cccc3c2c2cccc4c5c(N(c6ccc([SiH](C)C)cc6)c6cccc7c6oc6ccccc67)cccc5n3c24)cc1. The highest BCUT2D eigenvalue weighted by atomic mass is 28.3. The second kappa shape index (κ2) is 13.6. The molecule has 0 spiro atoms. The van der Waals surface area contributed by atoms with Crippen molar-refractivity contribution in [1.29, 1.82) is 0 Å². The maximum absolute atomic E-state index is 6.76. The molecule has 0 unspecified atom stereocenters. The van der Waals surface area contributed by atoms with Crippen LogP contribution in [0.3, 0.4) is 0 Å². The van der Waals surface area contributed by atoms with Crippen LogP contribution in [0.1, 0.15) is 5.56 Å². The summed E-state index contributed by atoms with van der Waals surface area (Å²) in [4.78, 5) is 4.81. The number of para-hydroxylation sites is 5. The van der Waals surface area contributed by atoms with E-state index in [0.29, 0.717) is 0 Å². The highest BCUT2D eigenvalue weighted by Gasteiger charge is 2.28. The molecular weight excluding hydrogens is 787 g/mol. The molecule has 0 aliphatic heterocycles. The number of hydrogen-bond donors (Lipinski definition) is 0. The standard InChI is InChI=1S/C57H41N3O2Si/c1-35-27-29-36(30-28-35)58(49-23-9-15-41-39-13-4-6-25-51(39)61-56(41)49)45-19-11-21-47-53(45)43-17-8-18-44-54-46(20-12-22-48(54)60(47)55(43)44)59(37-31-33-38(34-32-37)63(2)3)50-24-10-16-42-40-14-5-7-26-52(40)62-57(42)50/h4-34,63H,1-3H3. The minimum absolute atomic E-state index is 0.867. The molecule has 0 bridgehead atoms.